The van der Waals surface area contributed by atoms with E-state index in [1.54, 1.807) is 7.11 Å². The molecule has 18 heavy (non-hydrogen) atoms. The minimum atomic E-state index is -0.0779. The predicted molar refractivity (Wildman–Crippen MR) is 68.2 cm³/mol. The van der Waals surface area contributed by atoms with Crippen molar-refractivity contribution in [3.63, 3.8) is 0 Å². The molecule has 0 fully saturated rings. The van der Waals surface area contributed by atoms with Gasteiger partial charge in [-0.3, -0.25) is 4.79 Å². The third-order valence-electron chi connectivity index (χ3n) is 3.23. The molecule has 0 saturated heterocycles. The van der Waals surface area contributed by atoms with Crippen LogP contribution in [0.25, 0.3) is 0 Å². The normalized spacial score (nSPS) is 17.1. The molecule has 5 heteroatoms. The number of rotatable bonds is 2. The van der Waals surface area contributed by atoms with Gasteiger partial charge in [-0.25, -0.2) is 4.98 Å². The fourth-order valence-corrected chi connectivity index (χ4v) is 2.30. The van der Waals surface area contributed by atoms with Crippen LogP contribution in [0, 0.1) is 0 Å². The van der Waals surface area contributed by atoms with Crippen LogP contribution in [0.5, 0.6) is 5.75 Å². The minimum absolute atomic E-state index is 0.0448. The van der Waals surface area contributed by atoms with E-state index in [2.05, 4.69) is 15.3 Å². The Hall–Kier alpha value is -2.30. The van der Waals surface area contributed by atoms with E-state index in [9.17, 15) is 4.79 Å². The van der Waals surface area contributed by atoms with Crippen LogP contribution in [-0.2, 0) is 0 Å². The number of benzene rings is 1. The first-order chi connectivity index (χ1) is 8.79. The molecule has 2 N–H and O–H groups in total. The largest absolute Gasteiger partial charge is 0.497 e. The van der Waals surface area contributed by atoms with E-state index < -0.39 is 0 Å². The molecular formula is C13H13N3O2. The summed E-state index contributed by atoms with van der Waals surface area (Å²) in [7, 11) is 1.63. The summed E-state index contributed by atoms with van der Waals surface area (Å²) in [5, 5.41) is 3.16. The summed E-state index contributed by atoms with van der Waals surface area (Å²) < 4.78 is 5.13. The fourth-order valence-electron chi connectivity index (χ4n) is 2.30. The lowest BCUT2D eigenvalue weighted by atomic mass is 9.95. The standard InChI is InChI=1S/C13H13N3O2/c1-18-9-4-2-8(3-5-9)10-6-14-12-11(10)13(17)16-7-15-12/h2-5,7,10H,6H2,1H3,(H2,14,15,16,17). The maximum atomic E-state index is 11.9. The van der Waals surface area contributed by atoms with Gasteiger partial charge in [0.15, 0.2) is 0 Å². The monoisotopic (exact) mass is 243 g/mol. The van der Waals surface area contributed by atoms with Crippen LogP contribution in [0.15, 0.2) is 35.4 Å². The number of hydrogen-bond donors (Lipinski definition) is 2. The lowest BCUT2D eigenvalue weighted by Crippen LogP contribution is -2.15. The second-order valence-corrected chi connectivity index (χ2v) is 4.20. The van der Waals surface area contributed by atoms with Gasteiger partial charge in [0.05, 0.1) is 19.0 Å². The molecule has 5 nitrogen and oxygen atoms in total. The van der Waals surface area contributed by atoms with E-state index in [1.165, 1.54) is 6.33 Å². The molecule has 2 heterocycles. The highest BCUT2D eigenvalue weighted by Gasteiger charge is 2.27. The molecule has 0 radical (unpaired) electrons. The maximum absolute atomic E-state index is 11.9. The lowest BCUT2D eigenvalue weighted by Gasteiger charge is -2.10. The summed E-state index contributed by atoms with van der Waals surface area (Å²) in [6.07, 6.45) is 1.42. The molecule has 0 bridgehead atoms. The lowest BCUT2D eigenvalue weighted by molar-refractivity contribution is 0.414. The molecule has 0 spiro atoms. The van der Waals surface area contributed by atoms with Crippen LogP contribution >= 0.6 is 0 Å². The van der Waals surface area contributed by atoms with Gasteiger partial charge >= 0.3 is 0 Å². The predicted octanol–water partition coefficient (Wildman–Crippen LogP) is 1.34. The zero-order valence-electron chi connectivity index (χ0n) is 9.93. The molecule has 1 atom stereocenters. The Balaban J connectivity index is 2.03. The summed E-state index contributed by atoms with van der Waals surface area (Å²) in [5.74, 6) is 1.54. The average Bonchev–Trinajstić information content (AvgIpc) is 2.84. The van der Waals surface area contributed by atoms with Crippen LogP contribution < -0.4 is 15.6 Å². The summed E-state index contributed by atoms with van der Waals surface area (Å²) >= 11 is 0. The third kappa shape index (κ3) is 1.64. The number of nitrogens with one attached hydrogen (secondary N) is 2. The molecule has 1 aliphatic heterocycles. The molecule has 0 saturated carbocycles. The van der Waals surface area contributed by atoms with Crippen molar-refractivity contribution in [2.45, 2.75) is 5.92 Å². The molecule has 3 rings (SSSR count). The number of aromatic nitrogens is 2. The van der Waals surface area contributed by atoms with Crippen LogP contribution in [0.2, 0.25) is 0 Å². The van der Waals surface area contributed by atoms with Gasteiger partial charge < -0.3 is 15.0 Å². The molecule has 1 aromatic heterocycles. The van der Waals surface area contributed by atoms with Gasteiger partial charge in [-0.1, -0.05) is 12.1 Å². The number of ether oxygens (including phenoxy) is 1. The van der Waals surface area contributed by atoms with Crippen LogP contribution in [-0.4, -0.2) is 23.6 Å². The van der Waals surface area contributed by atoms with E-state index in [-0.39, 0.29) is 11.5 Å². The molecule has 1 aromatic carbocycles. The van der Waals surface area contributed by atoms with Crippen molar-refractivity contribution in [3.05, 3.63) is 52.1 Å². The minimum Gasteiger partial charge on any atom is -0.497 e. The number of methoxy groups -OCH3 is 1. The van der Waals surface area contributed by atoms with Gasteiger partial charge in [0.1, 0.15) is 11.6 Å². The highest BCUT2D eigenvalue weighted by molar-refractivity contribution is 5.54. The first-order valence-corrected chi connectivity index (χ1v) is 5.75. The Morgan fingerprint density at radius 3 is 2.83 bits per heavy atom. The summed E-state index contributed by atoms with van der Waals surface area (Å²) in [6.45, 7) is 0.696. The van der Waals surface area contributed by atoms with Crippen LogP contribution in [0.3, 0.4) is 0 Å². The van der Waals surface area contributed by atoms with Gasteiger partial charge in [0.25, 0.3) is 5.56 Å². The van der Waals surface area contributed by atoms with Gasteiger partial charge in [-0.15, -0.1) is 0 Å². The van der Waals surface area contributed by atoms with E-state index in [4.69, 9.17) is 4.74 Å². The van der Waals surface area contributed by atoms with Crippen molar-refractivity contribution in [3.8, 4) is 5.75 Å². The topological polar surface area (TPSA) is 67.0 Å². The number of fused-ring (bicyclic) bond motifs is 1. The van der Waals surface area contributed by atoms with Crippen LogP contribution in [0.4, 0.5) is 5.82 Å². The number of aromatic amines is 1. The van der Waals surface area contributed by atoms with Gasteiger partial charge in [0, 0.05) is 12.5 Å². The molecule has 1 aliphatic rings. The van der Waals surface area contributed by atoms with Crippen LogP contribution in [0.1, 0.15) is 17.0 Å². The Kier molecular flexibility index (Phi) is 2.51. The van der Waals surface area contributed by atoms with E-state index in [1.807, 2.05) is 24.3 Å². The number of nitrogens with zero attached hydrogens (tertiary/aromatic N) is 1. The van der Waals surface area contributed by atoms with Gasteiger partial charge in [0.2, 0.25) is 0 Å². The third-order valence-corrected chi connectivity index (χ3v) is 3.23. The average molecular weight is 243 g/mol. The zero-order chi connectivity index (χ0) is 12.5. The smallest absolute Gasteiger partial charge is 0.256 e. The van der Waals surface area contributed by atoms with Crippen molar-refractivity contribution in [2.24, 2.45) is 0 Å². The van der Waals surface area contributed by atoms with Gasteiger partial charge in [-0.2, -0.15) is 0 Å². The molecule has 92 valence electrons. The van der Waals surface area contributed by atoms with E-state index in [0.29, 0.717) is 17.9 Å². The second kappa shape index (κ2) is 4.18. The van der Waals surface area contributed by atoms with Crippen molar-refractivity contribution < 1.29 is 4.74 Å². The quantitative estimate of drug-likeness (QED) is 0.835. The molecule has 0 amide bonds. The first-order valence-electron chi connectivity index (χ1n) is 5.75. The highest BCUT2D eigenvalue weighted by Crippen LogP contribution is 2.32. The summed E-state index contributed by atoms with van der Waals surface area (Å²) in [6, 6.07) is 7.76. The van der Waals surface area contributed by atoms with E-state index in [0.717, 1.165) is 11.3 Å². The summed E-state index contributed by atoms with van der Waals surface area (Å²) in [4.78, 5) is 18.6. The Labute approximate surface area is 104 Å². The molecule has 1 unspecified atom stereocenters. The Morgan fingerprint density at radius 1 is 1.33 bits per heavy atom. The van der Waals surface area contributed by atoms with Crippen molar-refractivity contribution in [2.75, 3.05) is 19.0 Å². The Bertz CT molecular complexity index is 619. The maximum Gasteiger partial charge on any atom is 0.256 e. The van der Waals surface area contributed by atoms with Gasteiger partial charge in [-0.05, 0) is 17.7 Å². The molecule has 0 aliphatic carbocycles. The number of H-pyrrole nitrogens is 1. The zero-order valence-corrected chi connectivity index (χ0v) is 9.93. The number of hydrogen-bond acceptors (Lipinski definition) is 4. The SMILES string of the molecule is COc1ccc(C2CNc3nc[nH]c(=O)c32)cc1. The summed E-state index contributed by atoms with van der Waals surface area (Å²) in [5.41, 5.74) is 1.72. The van der Waals surface area contributed by atoms with Crippen molar-refractivity contribution >= 4 is 5.82 Å². The second-order valence-electron chi connectivity index (χ2n) is 4.20. The Morgan fingerprint density at radius 2 is 2.11 bits per heavy atom. The highest BCUT2D eigenvalue weighted by atomic mass is 16.5. The van der Waals surface area contributed by atoms with Crippen molar-refractivity contribution in [1.82, 2.24) is 9.97 Å². The van der Waals surface area contributed by atoms with E-state index >= 15 is 0 Å². The number of anilines is 1. The molecule has 2 aromatic rings. The fraction of sp³-hybridized carbons (Fsp3) is 0.231. The molecular weight excluding hydrogens is 230 g/mol. The van der Waals surface area contributed by atoms with Crippen molar-refractivity contribution in [1.29, 1.82) is 0 Å². The first kappa shape index (κ1) is 10.8.